The summed E-state index contributed by atoms with van der Waals surface area (Å²) in [4.78, 5) is 11.7. The first kappa shape index (κ1) is 8.04. The van der Waals surface area contributed by atoms with E-state index in [1.807, 2.05) is 12.1 Å². The Labute approximate surface area is 83.3 Å². The predicted molar refractivity (Wildman–Crippen MR) is 54.2 cm³/mol. The second kappa shape index (κ2) is 2.38. The summed E-state index contributed by atoms with van der Waals surface area (Å²) in [6.45, 7) is 2.08. The van der Waals surface area contributed by atoms with E-state index in [-0.39, 0.29) is 11.4 Å². The van der Waals surface area contributed by atoms with Crippen LogP contribution in [0.1, 0.15) is 40.7 Å². The van der Waals surface area contributed by atoms with Gasteiger partial charge in [0, 0.05) is 5.56 Å². The molecule has 14 heavy (non-hydrogen) atoms. The molecule has 0 radical (unpaired) electrons. The minimum Gasteiger partial charge on any atom is -0.342 e. The molecule has 72 valence electrons. The van der Waals surface area contributed by atoms with Crippen molar-refractivity contribution < 1.29 is 4.79 Å². The SMILES string of the molecule is Cc1ccc2c(c1)C1(CCC1)NC2=O. The van der Waals surface area contributed by atoms with Gasteiger partial charge in [-0.2, -0.15) is 0 Å². The maximum absolute atomic E-state index is 11.7. The van der Waals surface area contributed by atoms with Crippen molar-refractivity contribution in [3.05, 3.63) is 34.9 Å². The Hall–Kier alpha value is -1.31. The molecule has 1 N–H and O–H groups in total. The highest BCUT2D eigenvalue weighted by Crippen LogP contribution is 2.46. The minimum absolute atomic E-state index is 0.0123. The molecule has 0 saturated heterocycles. The largest absolute Gasteiger partial charge is 0.342 e. The molecular weight excluding hydrogens is 174 g/mol. The second-order valence-corrected chi connectivity index (χ2v) is 4.44. The zero-order chi connectivity index (χ0) is 9.76. The van der Waals surface area contributed by atoms with E-state index < -0.39 is 0 Å². The Morgan fingerprint density at radius 1 is 1.36 bits per heavy atom. The summed E-state index contributed by atoms with van der Waals surface area (Å²) in [5.74, 6) is 0.111. The molecule has 1 aromatic rings. The number of benzene rings is 1. The highest BCUT2D eigenvalue weighted by atomic mass is 16.2. The molecule has 1 aliphatic heterocycles. The maximum atomic E-state index is 11.7. The van der Waals surface area contributed by atoms with Crippen LogP contribution in [0.2, 0.25) is 0 Å². The van der Waals surface area contributed by atoms with Crippen molar-refractivity contribution in [1.29, 1.82) is 0 Å². The van der Waals surface area contributed by atoms with Crippen molar-refractivity contribution in [2.75, 3.05) is 0 Å². The number of rotatable bonds is 0. The van der Waals surface area contributed by atoms with E-state index in [0.29, 0.717) is 0 Å². The average Bonchev–Trinajstić information content (AvgIpc) is 2.38. The Morgan fingerprint density at radius 3 is 2.79 bits per heavy atom. The van der Waals surface area contributed by atoms with Crippen molar-refractivity contribution in [3.8, 4) is 0 Å². The fourth-order valence-corrected chi connectivity index (χ4v) is 2.53. The Bertz CT molecular complexity index is 418. The molecule has 3 rings (SSSR count). The Balaban J connectivity index is 2.20. The van der Waals surface area contributed by atoms with Gasteiger partial charge in [0.25, 0.3) is 5.91 Å². The van der Waals surface area contributed by atoms with Crippen LogP contribution in [-0.4, -0.2) is 5.91 Å². The van der Waals surface area contributed by atoms with Crippen LogP contribution in [0.15, 0.2) is 18.2 Å². The summed E-state index contributed by atoms with van der Waals surface area (Å²) in [7, 11) is 0. The number of aryl methyl sites for hydroxylation is 1. The second-order valence-electron chi connectivity index (χ2n) is 4.44. The lowest BCUT2D eigenvalue weighted by molar-refractivity contribution is 0.0880. The summed E-state index contributed by atoms with van der Waals surface area (Å²) >= 11 is 0. The lowest BCUT2D eigenvalue weighted by Crippen LogP contribution is -2.45. The van der Waals surface area contributed by atoms with E-state index in [2.05, 4.69) is 18.3 Å². The Kier molecular flexibility index (Phi) is 1.37. The molecule has 1 aliphatic carbocycles. The van der Waals surface area contributed by atoms with Crippen LogP contribution in [0.3, 0.4) is 0 Å². The zero-order valence-corrected chi connectivity index (χ0v) is 8.26. The van der Waals surface area contributed by atoms with Gasteiger partial charge in [-0.15, -0.1) is 0 Å². The molecule has 1 aromatic carbocycles. The van der Waals surface area contributed by atoms with E-state index in [1.165, 1.54) is 17.5 Å². The molecule has 1 spiro atoms. The number of hydrogen-bond acceptors (Lipinski definition) is 1. The molecule has 1 saturated carbocycles. The van der Waals surface area contributed by atoms with Gasteiger partial charge in [0.2, 0.25) is 0 Å². The molecule has 2 aliphatic rings. The number of carbonyl (C=O) groups excluding carboxylic acids is 1. The van der Waals surface area contributed by atoms with Crippen molar-refractivity contribution in [2.45, 2.75) is 31.7 Å². The van der Waals surface area contributed by atoms with Crippen molar-refractivity contribution >= 4 is 5.91 Å². The summed E-state index contributed by atoms with van der Waals surface area (Å²) < 4.78 is 0. The molecular formula is C12H13NO. The lowest BCUT2D eigenvalue weighted by atomic mass is 9.72. The number of nitrogens with one attached hydrogen (secondary N) is 1. The van der Waals surface area contributed by atoms with Gasteiger partial charge in [-0.25, -0.2) is 0 Å². The third kappa shape index (κ3) is 0.834. The van der Waals surface area contributed by atoms with Gasteiger partial charge in [0.05, 0.1) is 5.54 Å². The van der Waals surface area contributed by atoms with Gasteiger partial charge in [-0.1, -0.05) is 17.7 Å². The van der Waals surface area contributed by atoms with Crippen LogP contribution >= 0.6 is 0 Å². The highest BCUT2D eigenvalue weighted by molar-refractivity contribution is 6.00. The first-order chi connectivity index (χ1) is 6.71. The van der Waals surface area contributed by atoms with Crippen molar-refractivity contribution in [1.82, 2.24) is 5.32 Å². The first-order valence-corrected chi connectivity index (χ1v) is 5.15. The molecule has 0 aromatic heterocycles. The highest BCUT2D eigenvalue weighted by Gasteiger charge is 2.46. The van der Waals surface area contributed by atoms with E-state index in [4.69, 9.17) is 0 Å². The molecule has 2 heteroatoms. The van der Waals surface area contributed by atoms with Gasteiger partial charge in [-0.05, 0) is 37.8 Å². The van der Waals surface area contributed by atoms with Crippen LogP contribution < -0.4 is 5.32 Å². The number of hydrogen-bond donors (Lipinski definition) is 1. The van der Waals surface area contributed by atoms with E-state index >= 15 is 0 Å². The molecule has 1 heterocycles. The minimum atomic E-state index is 0.0123. The van der Waals surface area contributed by atoms with Gasteiger partial charge in [0.1, 0.15) is 0 Å². The van der Waals surface area contributed by atoms with Gasteiger partial charge in [0.15, 0.2) is 0 Å². The Morgan fingerprint density at radius 2 is 2.14 bits per heavy atom. The topological polar surface area (TPSA) is 29.1 Å². The van der Waals surface area contributed by atoms with Crippen LogP contribution in [-0.2, 0) is 5.54 Å². The number of carbonyl (C=O) groups is 1. The number of amides is 1. The van der Waals surface area contributed by atoms with Crippen molar-refractivity contribution in [2.24, 2.45) is 0 Å². The third-order valence-corrected chi connectivity index (χ3v) is 3.50. The molecule has 0 unspecified atom stereocenters. The van der Waals surface area contributed by atoms with E-state index in [1.54, 1.807) is 0 Å². The third-order valence-electron chi connectivity index (χ3n) is 3.50. The van der Waals surface area contributed by atoms with Gasteiger partial charge >= 0.3 is 0 Å². The van der Waals surface area contributed by atoms with E-state index in [9.17, 15) is 4.79 Å². The van der Waals surface area contributed by atoms with Crippen molar-refractivity contribution in [3.63, 3.8) is 0 Å². The summed E-state index contributed by atoms with van der Waals surface area (Å²) in [5.41, 5.74) is 3.37. The van der Waals surface area contributed by atoms with Crippen LogP contribution in [0.25, 0.3) is 0 Å². The normalized spacial score (nSPS) is 21.6. The number of fused-ring (bicyclic) bond motifs is 2. The standard InChI is InChI=1S/C12H13NO/c1-8-3-4-9-10(7-8)12(5-2-6-12)13-11(9)14/h3-4,7H,2,5-6H2,1H3,(H,13,14). The molecule has 0 bridgehead atoms. The predicted octanol–water partition coefficient (Wildman–Crippen LogP) is 2.12. The molecule has 0 atom stereocenters. The zero-order valence-electron chi connectivity index (χ0n) is 8.26. The summed E-state index contributed by atoms with van der Waals surface area (Å²) in [6, 6.07) is 6.12. The lowest BCUT2D eigenvalue weighted by Gasteiger charge is -2.39. The van der Waals surface area contributed by atoms with Gasteiger partial charge < -0.3 is 5.32 Å². The smallest absolute Gasteiger partial charge is 0.252 e. The van der Waals surface area contributed by atoms with Crippen LogP contribution in [0, 0.1) is 6.92 Å². The van der Waals surface area contributed by atoms with E-state index in [0.717, 1.165) is 18.4 Å². The molecule has 1 amide bonds. The average molecular weight is 187 g/mol. The summed E-state index contributed by atoms with van der Waals surface area (Å²) in [6.07, 6.45) is 3.44. The molecule has 1 fully saturated rings. The van der Waals surface area contributed by atoms with Gasteiger partial charge in [-0.3, -0.25) is 4.79 Å². The fourth-order valence-electron chi connectivity index (χ4n) is 2.53. The quantitative estimate of drug-likeness (QED) is 0.662. The van der Waals surface area contributed by atoms with Crippen LogP contribution in [0.5, 0.6) is 0 Å². The van der Waals surface area contributed by atoms with Crippen LogP contribution in [0.4, 0.5) is 0 Å². The summed E-state index contributed by atoms with van der Waals surface area (Å²) in [5, 5.41) is 3.12. The fraction of sp³-hybridized carbons (Fsp3) is 0.417. The first-order valence-electron chi connectivity index (χ1n) is 5.15. The molecule has 2 nitrogen and oxygen atoms in total. The maximum Gasteiger partial charge on any atom is 0.252 e. The monoisotopic (exact) mass is 187 g/mol.